The molecule has 5 heteroatoms. The molecular formula is C9H14N2O3. The van der Waals surface area contributed by atoms with E-state index in [0.717, 1.165) is 19.3 Å². The second-order valence-electron chi connectivity index (χ2n) is 2.92. The number of carbonyl (C=O) groups excluding carboxylic acids is 1. The first-order valence-corrected chi connectivity index (χ1v) is 4.53. The molecule has 0 aromatic rings. The largest absolute Gasteiger partial charge is 0.479 e. The van der Waals surface area contributed by atoms with Crippen LogP contribution in [0.4, 0.5) is 0 Å². The maximum Gasteiger partial charge on any atom is 0.341 e. The van der Waals surface area contributed by atoms with E-state index < -0.39 is 12.0 Å². The van der Waals surface area contributed by atoms with Gasteiger partial charge < -0.3 is 10.4 Å². The van der Waals surface area contributed by atoms with Gasteiger partial charge in [0.15, 0.2) is 0 Å². The highest BCUT2D eigenvalue weighted by Gasteiger charge is 2.18. The molecule has 0 aromatic heterocycles. The van der Waals surface area contributed by atoms with Crippen molar-refractivity contribution in [3.05, 3.63) is 0 Å². The fourth-order valence-electron chi connectivity index (χ4n) is 0.918. The van der Waals surface area contributed by atoms with Gasteiger partial charge in [0.2, 0.25) is 11.9 Å². The Balaban J connectivity index is 3.81. The van der Waals surface area contributed by atoms with Crippen molar-refractivity contribution >= 4 is 11.9 Å². The molecule has 0 heterocycles. The zero-order valence-electron chi connectivity index (χ0n) is 8.12. The normalized spacial score (nSPS) is 11.4. The lowest BCUT2D eigenvalue weighted by Gasteiger charge is -2.06. The first kappa shape index (κ1) is 12.4. The number of amides is 1. The molecule has 0 aliphatic rings. The molecule has 0 aliphatic carbocycles. The number of nitriles is 1. The molecule has 0 saturated carbocycles. The number of carboxylic acids is 1. The zero-order chi connectivity index (χ0) is 11.0. The number of carbonyl (C=O) groups is 2. The molecule has 1 amide bonds. The number of hydrogen-bond donors (Lipinski definition) is 2. The van der Waals surface area contributed by atoms with Crippen molar-refractivity contribution in [2.45, 2.75) is 38.6 Å². The molecule has 0 saturated heterocycles. The van der Waals surface area contributed by atoms with Crippen molar-refractivity contribution in [1.29, 1.82) is 5.26 Å². The standard InChI is InChI=1S/C9H14N2O3/c1-2-3-4-5-8(12)11-7(6-10)9(13)14/h7H,2-5H2,1H3,(H,11,12)(H,13,14). The van der Waals surface area contributed by atoms with E-state index in [1.807, 2.05) is 6.92 Å². The SMILES string of the molecule is CCCCCC(=O)NC(C#N)C(=O)O. The van der Waals surface area contributed by atoms with Crippen molar-refractivity contribution in [1.82, 2.24) is 5.32 Å². The Morgan fingerprint density at radius 1 is 1.50 bits per heavy atom. The van der Waals surface area contributed by atoms with E-state index in [1.54, 1.807) is 0 Å². The molecule has 14 heavy (non-hydrogen) atoms. The van der Waals surface area contributed by atoms with Gasteiger partial charge >= 0.3 is 5.97 Å². The molecule has 0 rings (SSSR count). The van der Waals surface area contributed by atoms with Crippen molar-refractivity contribution in [2.24, 2.45) is 0 Å². The molecule has 1 atom stereocenters. The number of hydrogen-bond acceptors (Lipinski definition) is 3. The molecule has 1 unspecified atom stereocenters. The quantitative estimate of drug-likeness (QED) is 0.613. The van der Waals surface area contributed by atoms with Gasteiger partial charge in [0.25, 0.3) is 0 Å². The Morgan fingerprint density at radius 2 is 2.14 bits per heavy atom. The molecule has 0 bridgehead atoms. The number of nitrogens with one attached hydrogen (secondary N) is 1. The highest BCUT2D eigenvalue weighted by molar-refractivity contribution is 5.85. The fourth-order valence-corrected chi connectivity index (χ4v) is 0.918. The van der Waals surface area contributed by atoms with Gasteiger partial charge in [0.1, 0.15) is 0 Å². The highest BCUT2D eigenvalue weighted by atomic mass is 16.4. The maximum atomic E-state index is 11.1. The number of aliphatic carboxylic acids is 1. The Morgan fingerprint density at radius 3 is 2.57 bits per heavy atom. The first-order chi connectivity index (χ1) is 6.61. The summed E-state index contributed by atoms with van der Waals surface area (Å²) in [7, 11) is 0. The smallest absolute Gasteiger partial charge is 0.341 e. The lowest BCUT2D eigenvalue weighted by molar-refractivity contribution is -0.140. The zero-order valence-corrected chi connectivity index (χ0v) is 8.12. The third-order valence-electron chi connectivity index (χ3n) is 1.69. The Bertz CT molecular complexity index is 245. The van der Waals surface area contributed by atoms with Crippen LogP contribution >= 0.6 is 0 Å². The molecular weight excluding hydrogens is 184 g/mol. The summed E-state index contributed by atoms with van der Waals surface area (Å²) >= 11 is 0. The average molecular weight is 198 g/mol. The molecule has 0 fully saturated rings. The lowest BCUT2D eigenvalue weighted by atomic mass is 10.2. The van der Waals surface area contributed by atoms with Crippen LogP contribution in [0.3, 0.4) is 0 Å². The molecule has 78 valence electrons. The van der Waals surface area contributed by atoms with Gasteiger partial charge in [-0.2, -0.15) is 5.26 Å². The predicted octanol–water partition coefficient (Wildman–Crippen LogP) is 0.660. The van der Waals surface area contributed by atoms with Gasteiger partial charge in [-0.15, -0.1) is 0 Å². The number of unbranched alkanes of at least 4 members (excludes halogenated alkanes) is 2. The summed E-state index contributed by atoms with van der Waals surface area (Å²) in [6, 6.07) is 0.0646. The van der Waals surface area contributed by atoms with Crippen LogP contribution < -0.4 is 5.32 Å². The van der Waals surface area contributed by atoms with Crippen LogP contribution in [0.5, 0.6) is 0 Å². The second kappa shape index (κ2) is 6.89. The Kier molecular flexibility index (Phi) is 6.12. The third-order valence-corrected chi connectivity index (χ3v) is 1.69. The van der Waals surface area contributed by atoms with Crippen LogP contribution in [-0.2, 0) is 9.59 Å². The summed E-state index contributed by atoms with van der Waals surface area (Å²) in [5, 5.41) is 19.0. The summed E-state index contributed by atoms with van der Waals surface area (Å²) < 4.78 is 0. The second-order valence-corrected chi connectivity index (χ2v) is 2.92. The van der Waals surface area contributed by atoms with Crippen molar-refractivity contribution in [2.75, 3.05) is 0 Å². The predicted molar refractivity (Wildman–Crippen MR) is 49.3 cm³/mol. The van der Waals surface area contributed by atoms with Gasteiger partial charge in [0, 0.05) is 6.42 Å². The van der Waals surface area contributed by atoms with Crippen LogP contribution in [0.25, 0.3) is 0 Å². The number of nitrogens with zero attached hydrogens (tertiary/aromatic N) is 1. The summed E-state index contributed by atoms with van der Waals surface area (Å²) in [6.45, 7) is 2.01. The third kappa shape index (κ3) is 5.14. The van der Waals surface area contributed by atoms with Gasteiger partial charge in [0.05, 0.1) is 6.07 Å². The van der Waals surface area contributed by atoms with E-state index in [4.69, 9.17) is 10.4 Å². The van der Waals surface area contributed by atoms with E-state index in [0.29, 0.717) is 0 Å². The van der Waals surface area contributed by atoms with Crippen LogP contribution in [0, 0.1) is 11.3 Å². The summed E-state index contributed by atoms with van der Waals surface area (Å²) in [5.41, 5.74) is 0. The van der Waals surface area contributed by atoms with Crippen molar-refractivity contribution in [3.8, 4) is 6.07 Å². The summed E-state index contributed by atoms with van der Waals surface area (Å²) in [4.78, 5) is 21.4. The first-order valence-electron chi connectivity index (χ1n) is 4.53. The fraction of sp³-hybridized carbons (Fsp3) is 0.667. The van der Waals surface area contributed by atoms with E-state index >= 15 is 0 Å². The number of rotatable bonds is 6. The van der Waals surface area contributed by atoms with Gasteiger partial charge in [-0.05, 0) is 6.42 Å². The molecule has 0 spiro atoms. The van der Waals surface area contributed by atoms with E-state index in [2.05, 4.69) is 5.32 Å². The molecule has 0 radical (unpaired) electrons. The van der Waals surface area contributed by atoms with Gasteiger partial charge in [-0.1, -0.05) is 19.8 Å². The Labute approximate surface area is 82.7 Å². The summed E-state index contributed by atoms with van der Waals surface area (Å²) in [5.74, 6) is -1.70. The molecule has 5 nitrogen and oxygen atoms in total. The van der Waals surface area contributed by atoms with E-state index in [-0.39, 0.29) is 12.3 Å². The number of carboxylic acid groups (broad SMARTS) is 1. The molecule has 0 aliphatic heterocycles. The topological polar surface area (TPSA) is 90.2 Å². The maximum absolute atomic E-state index is 11.1. The van der Waals surface area contributed by atoms with E-state index in [1.165, 1.54) is 6.07 Å². The Hall–Kier alpha value is -1.57. The van der Waals surface area contributed by atoms with Crippen LogP contribution in [-0.4, -0.2) is 23.0 Å². The average Bonchev–Trinajstić information content (AvgIpc) is 2.14. The molecule has 2 N–H and O–H groups in total. The minimum atomic E-state index is -1.43. The molecule has 0 aromatic carbocycles. The van der Waals surface area contributed by atoms with Crippen molar-refractivity contribution < 1.29 is 14.7 Å². The van der Waals surface area contributed by atoms with Crippen LogP contribution in [0.2, 0.25) is 0 Å². The van der Waals surface area contributed by atoms with E-state index in [9.17, 15) is 9.59 Å². The van der Waals surface area contributed by atoms with Gasteiger partial charge in [-0.3, -0.25) is 4.79 Å². The highest BCUT2D eigenvalue weighted by Crippen LogP contribution is 1.98. The van der Waals surface area contributed by atoms with Crippen LogP contribution in [0.1, 0.15) is 32.6 Å². The van der Waals surface area contributed by atoms with Crippen LogP contribution in [0.15, 0.2) is 0 Å². The minimum Gasteiger partial charge on any atom is -0.479 e. The van der Waals surface area contributed by atoms with Crippen molar-refractivity contribution in [3.63, 3.8) is 0 Å². The summed E-state index contributed by atoms with van der Waals surface area (Å²) in [6.07, 6.45) is 2.92. The van der Waals surface area contributed by atoms with Gasteiger partial charge in [-0.25, -0.2) is 4.79 Å². The minimum absolute atomic E-state index is 0.277. The lowest BCUT2D eigenvalue weighted by Crippen LogP contribution is -2.39. The monoisotopic (exact) mass is 198 g/mol.